The molecule has 1 aromatic carbocycles. The van der Waals surface area contributed by atoms with E-state index in [1.54, 1.807) is 0 Å². The first kappa shape index (κ1) is 18.7. The van der Waals surface area contributed by atoms with E-state index in [1.807, 2.05) is 0 Å². The first-order valence-electron chi connectivity index (χ1n) is 10.0. The van der Waals surface area contributed by atoms with Crippen LogP contribution in [0.2, 0.25) is 0 Å². The van der Waals surface area contributed by atoms with Crippen molar-refractivity contribution in [2.45, 2.75) is 46.0 Å². The maximum Gasteiger partial charge on any atom is 0.227 e. The fraction of sp³-hybridized carbons (Fsp3) is 0.545. The molecule has 1 aliphatic rings. The van der Waals surface area contributed by atoms with Gasteiger partial charge >= 0.3 is 0 Å². The van der Waals surface area contributed by atoms with Crippen molar-refractivity contribution in [2.75, 3.05) is 36.5 Å². The SMILES string of the molecule is CCCCN(C)c1nc(C)cc(N2CCC(Cc3ccccc3)CC2)n1. The van der Waals surface area contributed by atoms with Gasteiger partial charge in [0.15, 0.2) is 0 Å². The van der Waals surface area contributed by atoms with Gasteiger partial charge in [0, 0.05) is 38.4 Å². The van der Waals surface area contributed by atoms with Crippen LogP contribution >= 0.6 is 0 Å². The van der Waals surface area contributed by atoms with Crippen LogP contribution in [0.25, 0.3) is 0 Å². The van der Waals surface area contributed by atoms with E-state index in [9.17, 15) is 0 Å². The first-order valence-corrected chi connectivity index (χ1v) is 10.0. The van der Waals surface area contributed by atoms with E-state index in [0.29, 0.717) is 0 Å². The zero-order chi connectivity index (χ0) is 18.4. The fourth-order valence-electron chi connectivity index (χ4n) is 3.68. The Labute approximate surface area is 158 Å². The maximum absolute atomic E-state index is 4.86. The summed E-state index contributed by atoms with van der Waals surface area (Å²) in [6, 6.07) is 13.0. The molecule has 1 fully saturated rings. The predicted molar refractivity (Wildman–Crippen MR) is 110 cm³/mol. The summed E-state index contributed by atoms with van der Waals surface area (Å²) in [5.74, 6) is 2.73. The summed E-state index contributed by atoms with van der Waals surface area (Å²) < 4.78 is 0. The largest absolute Gasteiger partial charge is 0.356 e. The number of rotatable bonds is 7. The van der Waals surface area contributed by atoms with Gasteiger partial charge in [-0.3, -0.25) is 0 Å². The Morgan fingerprint density at radius 1 is 1.12 bits per heavy atom. The van der Waals surface area contributed by atoms with Gasteiger partial charge in [0.2, 0.25) is 5.95 Å². The molecule has 0 saturated carbocycles. The van der Waals surface area contributed by atoms with E-state index in [4.69, 9.17) is 4.98 Å². The van der Waals surface area contributed by atoms with Crippen molar-refractivity contribution in [3.05, 3.63) is 47.7 Å². The van der Waals surface area contributed by atoms with Crippen molar-refractivity contribution in [1.29, 1.82) is 0 Å². The third-order valence-electron chi connectivity index (χ3n) is 5.32. The minimum atomic E-state index is 0.781. The zero-order valence-corrected chi connectivity index (χ0v) is 16.5. The second kappa shape index (κ2) is 9.02. The number of anilines is 2. The number of nitrogens with zero attached hydrogens (tertiary/aromatic N) is 4. The molecule has 0 atom stereocenters. The third-order valence-corrected chi connectivity index (χ3v) is 5.32. The highest BCUT2D eigenvalue weighted by molar-refractivity contribution is 5.46. The summed E-state index contributed by atoms with van der Waals surface area (Å²) in [4.78, 5) is 14.1. The second-order valence-electron chi connectivity index (χ2n) is 7.56. The van der Waals surface area contributed by atoms with Crippen LogP contribution in [0, 0.1) is 12.8 Å². The van der Waals surface area contributed by atoms with Crippen molar-refractivity contribution in [1.82, 2.24) is 9.97 Å². The van der Waals surface area contributed by atoms with Gasteiger partial charge in [0.05, 0.1) is 0 Å². The van der Waals surface area contributed by atoms with E-state index < -0.39 is 0 Å². The van der Waals surface area contributed by atoms with Gasteiger partial charge in [-0.1, -0.05) is 43.7 Å². The Morgan fingerprint density at radius 3 is 2.54 bits per heavy atom. The van der Waals surface area contributed by atoms with Crippen LogP contribution in [0.4, 0.5) is 11.8 Å². The van der Waals surface area contributed by atoms with Crippen LogP contribution < -0.4 is 9.80 Å². The minimum Gasteiger partial charge on any atom is -0.356 e. The summed E-state index contributed by atoms with van der Waals surface area (Å²) in [6.45, 7) is 7.48. The molecule has 0 spiro atoms. The highest BCUT2D eigenvalue weighted by Crippen LogP contribution is 2.26. The van der Waals surface area contributed by atoms with E-state index in [2.05, 4.69) is 72.1 Å². The molecule has 4 nitrogen and oxygen atoms in total. The van der Waals surface area contributed by atoms with Gasteiger partial charge in [-0.15, -0.1) is 0 Å². The molecular weight excluding hydrogens is 320 g/mol. The molecule has 1 aromatic heterocycles. The lowest BCUT2D eigenvalue weighted by molar-refractivity contribution is 0.402. The third kappa shape index (κ3) is 4.96. The van der Waals surface area contributed by atoms with Crippen LogP contribution in [-0.2, 0) is 6.42 Å². The van der Waals surface area contributed by atoms with E-state index >= 15 is 0 Å². The van der Waals surface area contributed by atoms with E-state index in [-0.39, 0.29) is 0 Å². The van der Waals surface area contributed by atoms with E-state index in [0.717, 1.165) is 43.0 Å². The van der Waals surface area contributed by atoms with Crippen molar-refractivity contribution in [2.24, 2.45) is 5.92 Å². The van der Waals surface area contributed by atoms with Gasteiger partial charge in [-0.05, 0) is 44.1 Å². The van der Waals surface area contributed by atoms with Gasteiger partial charge in [0.25, 0.3) is 0 Å². The van der Waals surface area contributed by atoms with Gasteiger partial charge in [0.1, 0.15) is 5.82 Å². The monoisotopic (exact) mass is 352 g/mol. The molecule has 0 aliphatic carbocycles. The molecule has 26 heavy (non-hydrogen) atoms. The van der Waals surface area contributed by atoms with Crippen LogP contribution in [0.3, 0.4) is 0 Å². The molecule has 2 heterocycles. The fourth-order valence-corrected chi connectivity index (χ4v) is 3.68. The first-order chi connectivity index (χ1) is 12.7. The number of unbranched alkanes of at least 4 members (excludes halogenated alkanes) is 1. The predicted octanol–water partition coefficient (Wildman–Crippen LogP) is 4.48. The lowest BCUT2D eigenvalue weighted by atomic mass is 9.90. The molecule has 1 saturated heterocycles. The van der Waals surface area contributed by atoms with Crippen molar-refractivity contribution >= 4 is 11.8 Å². The molecule has 0 N–H and O–H groups in total. The molecule has 0 bridgehead atoms. The standard InChI is InChI=1S/C22H32N4/c1-4-5-13-25(3)22-23-18(2)16-21(24-22)26-14-11-20(12-15-26)17-19-9-7-6-8-10-19/h6-10,16,20H,4-5,11-15,17H2,1-3H3. The number of benzene rings is 1. The molecule has 0 amide bonds. The van der Waals surface area contributed by atoms with Gasteiger partial charge < -0.3 is 9.80 Å². The van der Waals surface area contributed by atoms with Gasteiger partial charge in [-0.25, -0.2) is 4.98 Å². The second-order valence-corrected chi connectivity index (χ2v) is 7.56. The minimum absolute atomic E-state index is 0.781. The van der Waals surface area contributed by atoms with Crippen LogP contribution in [0.5, 0.6) is 0 Å². The number of piperidine rings is 1. The van der Waals surface area contributed by atoms with Gasteiger partial charge in [-0.2, -0.15) is 4.98 Å². The molecule has 2 aromatic rings. The molecule has 140 valence electrons. The molecular formula is C22H32N4. The topological polar surface area (TPSA) is 32.3 Å². The quantitative estimate of drug-likeness (QED) is 0.735. The molecule has 0 radical (unpaired) electrons. The van der Waals surface area contributed by atoms with E-state index in [1.165, 1.54) is 37.7 Å². The highest BCUT2D eigenvalue weighted by Gasteiger charge is 2.21. The number of aryl methyl sites for hydroxylation is 1. The Hall–Kier alpha value is -2.10. The summed E-state index contributed by atoms with van der Waals surface area (Å²) in [5.41, 5.74) is 2.52. The van der Waals surface area contributed by atoms with Crippen molar-refractivity contribution < 1.29 is 0 Å². The summed E-state index contributed by atoms with van der Waals surface area (Å²) in [5, 5.41) is 0. The summed E-state index contributed by atoms with van der Waals surface area (Å²) >= 11 is 0. The Kier molecular flexibility index (Phi) is 6.48. The average molecular weight is 353 g/mol. The van der Waals surface area contributed by atoms with Crippen molar-refractivity contribution in [3.63, 3.8) is 0 Å². The Morgan fingerprint density at radius 2 is 1.85 bits per heavy atom. The lowest BCUT2D eigenvalue weighted by Gasteiger charge is -2.33. The van der Waals surface area contributed by atoms with Crippen LogP contribution in [-0.4, -0.2) is 36.6 Å². The zero-order valence-electron chi connectivity index (χ0n) is 16.5. The molecule has 1 aliphatic heterocycles. The number of hydrogen-bond donors (Lipinski definition) is 0. The Bertz CT molecular complexity index is 678. The summed E-state index contributed by atoms with van der Waals surface area (Å²) in [6.07, 6.45) is 6.03. The Balaban J connectivity index is 1.61. The molecule has 3 rings (SSSR count). The normalized spacial score (nSPS) is 15.3. The maximum atomic E-state index is 4.86. The van der Waals surface area contributed by atoms with Crippen LogP contribution in [0.1, 0.15) is 43.9 Å². The summed E-state index contributed by atoms with van der Waals surface area (Å²) in [7, 11) is 2.10. The highest BCUT2D eigenvalue weighted by atomic mass is 15.3. The smallest absolute Gasteiger partial charge is 0.227 e. The average Bonchev–Trinajstić information content (AvgIpc) is 2.67. The molecule has 4 heteroatoms. The lowest BCUT2D eigenvalue weighted by Crippen LogP contribution is -2.35. The number of hydrogen-bond acceptors (Lipinski definition) is 4. The van der Waals surface area contributed by atoms with Crippen LogP contribution in [0.15, 0.2) is 36.4 Å². The number of aromatic nitrogens is 2. The van der Waals surface area contributed by atoms with Crippen molar-refractivity contribution in [3.8, 4) is 0 Å². The molecule has 0 unspecified atom stereocenters.